The van der Waals surface area contributed by atoms with Crippen molar-refractivity contribution in [3.05, 3.63) is 23.8 Å². The molecule has 0 aromatic heterocycles. The maximum Gasteiger partial charge on any atom is 0.278 e. The summed E-state index contributed by atoms with van der Waals surface area (Å²) in [5, 5.41) is 5.41. The van der Waals surface area contributed by atoms with Crippen molar-refractivity contribution in [2.45, 2.75) is 32.8 Å². The Hall–Kier alpha value is -2.04. The highest BCUT2D eigenvalue weighted by molar-refractivity contribution is 6.15. The van der Waals surface area contributed by atoms with Crippen molar-refractivity contribution in [3.63, 3.8) is 0 Å². The van der Waals surface area contributed by atoms with Crippen molar-refractivity contribution in [2.24, 2.45) is 0 Å². The second kappa shape index (κ2) is 4.91. The zero-order chi connectivity index (χ0) is 14.0. The number of carbonyl (C=O) groups is 2. The van der Waals surface area contributed by atoms with Gasteiger partial charge >= 0.3 is 0 Å². The zero-order valence-corrected chi connectivity index (χ0v) is 11.4. The van der Waals surface area contributed by atoms with Crippen LogP contribution in [0.3, 0.4) is 0 Å². The van der Waals surface area contributed by atoms with Gasteiger partial charge in [0.2, 0.25) is 0 Å². The molecule has 1 aliphatic rings. The van der Waals surface area contributed by atoms with Crippen LogP contribution in [0.15, 0.2) is 18.2 Å². The molecule has 1 aliphatic heterocycles. The summed E-state index contributed by atoms with van der Waals surface area (Å²) < 4.78 is 5.62. The fourth-order valence-corrected chi connectivity index (χ4v) is 1.90. The smallest absolute Gasteiger partial charge is 0.278 e. The highest BCUT2D eigenvalue weighted by Gasteiger charge is 2.46. The van der Waals surface area contributed by atoms with Crippen molar-refractivity contribution in [1.82, 2.24) is 5.32 Å². The summed E-state index contributed by atoms with van der Waals surface area (Å²) in [6.07, 6.45) is 0.805. The molecule has 19 heavy (non-hydrogen) atoms. The molecule has 5 nitrogen and oxygen atoms in total. The van der Waals surface area contributed by atoms with E-state index in [0.717, 1.165) is 12.0 Å². The van der Waals surface area contributed by atoms with Gasteiger partial charge in [0.25, 0.3) is 17.4 Å². The Morgan fingerprint density at radius 2 is 2.21 bits per heavy atom. The van der Waals surface area contributed by atoms with Crippen LogP contribution in [-0.2, 0) is 9.59 Å². The molecular weight excluding hydrogens is 244 g/mol. The topological polar surface area (TPSA) is 67.4 Å². The van der Waals surface area contributed by atoms with Gasteiger partial charge in [-0.1, -0.05) is 13.0 Å². The number of anilines is 1. The maximum atomic E-state index is 12.1. The van der Waals surface area contributed by atoms with Gasteiger partial charge in [-0.25, -0.2) is 0 Å². The third kappa shape index (κ3) is 2.41. The van der Waals surface area contributed by atoms with E-state index in [0.29, 0.717) is 18.0 Å². The molecule has 2 N–H and O–H groups in total. The first-order chi connectivity index (χ1) is 8.97. The molecule has 5 heteroatoms. The van der Waals surface area contributed by atoms with E-state index in [1.54, 1.807) is 6.07 Å². The second-order valence-electron chi connectivity index (χ2n) is 4.84. The molecule has 0 saturated carbocycles. The van der Waals surface area contributed by atoms with E-state index in [1.807, 2.05) is 26.0 Å². The number of carbonyl (C=O) groups excluding carboxylic acids is 2. The van der Waals surface area contributed by atoms with E-state index in [-0.39, 0.29) is 0 Å². The average molecular weight is 262 g/mol. The van der Waals surface area contributed by atoms with Gasteiger partial charge in [0, 0.05) is 6.54 Å². The number of rotatable bonds is 3. The Bertz CT molecular complexity index is 527. The number of aryl methyl sites for hydroxylation is 1. The first-order valence-corrected chi connectivity index (χ1v) is 6.37. The van der Waals surface area contributed by atoms with Crippen molar-refractivity contribution in [3.8, 4) is 5.75 Å². The molecule has 0 aliphatic carbocycles. The Balaban J connectivity index is 2.27. The van der Waals surface area contributed by atoms with E-state index in [4.69, 9.17) is 4.74 Å². The van der Waals surface area contributed by atoms with Gasteiger partial charge in [0.15, 0.2) is 0 Å². The van der Waals surface area contributed by atoms with Crippen LogP contribution in [0.4, 0.5) is 5.69 Å². The normalized spacial score (nSPS) is 21.1. The van der Waals surface area contributed by atoms with E-state index >= 15 is 0 Å². The molecule has 1 aromatic rings. The molecule has 0 fully saturated rings. The molecule has 1 unspecified atom stereocenters. The third-order valence-corrected chi connectivity index (χ3v) is 3.10. The molecule has 102 valence electrons. The van der Waals surface area contributed by atoms with Crippen LogP contribution in [0.5, 0.6) is 5.75 Å². The van der Waals surface area contributed by atoms with Crippen LogP contribution in [0.1, 0.15) is 25.8 Å². The summed E-state index contributed by atoms with van der Waals surface area (Å²) in [5.74, 6) is -0.350. The lowest BCUT2D eigenvalue weighted by molar-refractivity contribution is -0.146. The standard InChI is InChI=1S/C14H18N2O3/c1-4-7-15-12(17)14(3)13(18)16-10-8-9(2)5-6-11(10)19-14/h5-6,8H,4,7H2,1-3H3,(H,15,17)(H,16,18). The number of benzene rings is 1. The third-order valence-electron chi connectivity index (χ3n) is 3.10. The molecule has 0 spiro atoms. The molecular formula is C14H18N2O3. The molecule has 2 rings (SSSR count). The monoisotopic (exact) mass is 262 g/mol. The summed E-state index contributed by atoms with van der Waals surface area (Å²) in [4.78, 5) is 24.2. The van der Waals surface area contributed by atoms with Gasteiger partial charge in [0.1, 0.15) is 5.75 Å². The highest BCUT2D eigenvalue weighted by Crippen LogP contribution is 2.34. The first-order valence-electron chi connectivity index (χ1n) is 6.37. The Morgan fingerprint density at radius 3 is 2.89 bits per heavy atom. The van der Waals surface area contributed by atoms with Crippen LogP contribution in [0, 0.1) is 6.92 Å². The maximum absolute atomic E-state index is 12.1. The van der Waals surface area contributed by atoms with Crippen molar-refractivity contribution >= 4 is 17.5 Å². The average Bonchev–Trinajstić information content (AvgIpc) is 2.37. The highest BCUT2D eigenvalue weighted by atomic mass is 16.5. The predicted molar refractivity (Wildman–Crippen MR) is 72.1 cm³/mol. The van der Waals surface area contributed by atoms with Gasteiger partial charge in [0.05, 0.1) is 5.69 Å². The van der Waals surface area contributed by atoms with Crippen LogP contribution < -0.4 is 15.4 Å². The zero-order valence-electron chi connectivity index (χ0n) is 11.4. The van der Waals surface area contributed by atoms with Crippen molar-refractivity contribution < 1.29 is 14.3 Å². The quantitative estimate of drug-likeness (QED) is 0.813. The first kappa shape index (κ1) is 13.4. The Labute approximate surface area is 112 Å². The van der Waals surface area contributed by atoms with E-state index in [2.05, 4.69) is 10.6 Å². The minimum absolute atomic E-state index is 0.418. The van der Waals surface area contributed by atoms with Crippen LogP contribution in [0.2, 0.25) is 0 Å². The van der Waals surface area contributed by atoms with E-state index < -0.39 is 17.4 Å². The molecule has 0 bridgehead atoms. The number of hydrogen-bond acceptors (Lipinski definition) is 3. The van der Waals surface area contributed by atoms with Gasteiger partial charge in [-0.05, 0) is 38.0 Å². The molecule has 1 aromatic carbocycles. The fraction of sp³-hybridized carbons (Fsp3) is 0.429. The van der Waals surface area contributed by atoms with E-state index in [1.165, 1.54) is 6.92 Å². The number of ether oxygens (including phenoxy) is 1. The van der Waals surface area contributed by atoms with Crippen LogP contribution >= 0.6 is 0 Å². The number of amides is 2. The summed E-state index contributed by atoms with van der Waals surface area (Å²) in [5.41, 5.74) is 0.102. The van der Waals surface area contributed by atoms with Crippen molar-refractivity contribution in [2.75, 3.05) is 11.9 Å². The van der Waals surface area contributed by atoms with Crippen LogP contribution in [-0.4, -0.2) is 24.0 Å². The Kier molecular flexibility index (Phi) is 3.46. The molecule has 2 amide bonds. The molecule has 1 atom stereocenters. The molecule has 0 radical (unpaired) electrons. The molecule has 0 saturated heterocycles. The lowest BCUT2D eigenvalue weighted by Gasteiger charge is -2.33. The SMILES string of the molecule is CCCNC(=O)C1(C)Oc2ccc(C)cc2NC1=O. The fourth-order valence-electron chi connectivity index (χ4n) is 1.90. The summed E-state index contributed by atoms with van der Waals surface area (Å²) >= 11 is 0. The number of hydrogen-bond donors (Lipinski definition) is 2. The largest absolute Gasteiger partial charge is 0.466 e. The van der Waals surface area contributed by atoms with E-state index in [9.17, 15) is 9.59 Å². The minimum Gasteiger partial charge on any atom is -0.466 e. The molecule has 1 heterocycles. The summed E-state index contributed by atoms with van der Waals surface area (Å²) in [6, 6.07) is 5.45. The van der Waals surface area contributed by atoms with Gasteiger partial charge in [-0.3, -0.25) is 9.59 Å². The van der Waals surface area contributed by atoms with Gasteiger partial charge in [-0.15, -0.1) is 0 Å². The number of fused-ring (bicyclic) bond motifs is 1. The predicted octanol–water partition coefficient (Wildman–Crippen LogP) is 1.61. The lowest BCUT2D eigenvalue weighted by Crippen LogP contribution is -2.58. The number of nitrogens with one attached hydrogen (secondary N) is 2. The minimum atomic E-state index is -1.52. The van der Waals surface area contributed by atoms with Crippen LogP contribution in [0.25, 0.3) is 0 Å². The van der Waals surface area contributed by atoms with Gasteiger partial charge < -0.3 is 15.4 Å². The Morgan fingerprint density at radius 1 is 1.47 bits per heavy atom. The summed E-state index contributed by atoms with van der Waals surface area (Å²) in [7, 11) is 0. The lowest BCUT2D eigenvalue weighted by atomic mass is 10.0. The summed E-state index contributed by atoms with van der Waals surface area (Å²) in [6.45, 7) is 5.87. The van der Waals surface area contributed by atoms with Gasteiger partial charge in [-0.2, -0.15) is 0 Å². The second-order valence-corrected chi connectivity index (χ2v) is 4.84. The van der Waals surface area contributed by atoms with Crippen molar-refractivity contribution in [1.29, 1.82) is 0 Å².